The van der Waals surface area contributed by atoms with Crippen LogP contribution < -0.4 is 0 Å². The van der Waals surface area contributed by atoms with Gasteiger partial charge in [-0.3, -0.25) is 0 Å². The smallest absolute Gasteiger partial charge is 0.173 e. The highest BCUT2D eigenvalue weighted by atomic mass is 32.1. The maximum atomic E-state index is 14.3. The molecule has 0 spiro atoms. The second kappa shape index (κ2) is 5.64. The number of hydrogen-bond donors (Lipinski definition) is 2. The van der Waals surface area contributed by atoms with E-state index in [1.165, 1.54) is 10.9 Å². The number of rotatable bonds is 3. The summed E-state index contributed by atoms with van der Waals surface area (Å²) in [4.78, 5) is 9.54. The molecule has 8 heteroatoms. The minimum absolute atomic E-state index is 0.438. The molecule has 0 saturated carbocycles. The quantitative estimate of drug-likeness (QED) is 0.762. The molecule has 0 amide bonds. The van der Waals surface area contributed by atoms with Crippen LogP contribution in [0.15, 0.2) is 36.1 Å². The van der Waals surface area contributed by atoms with Crippen molar-refractivity contribution in [3.8, 4) is 10.6 Å². The molecule has 0 radical (unpaired) electrons. The molecule has 3 aromatic heterocycles. The predicted molar refractivity (Wildman–Crippen MR) is 82.7 cm³/mol. The van der Waals surface area contributed by atoms with Gasteiger partial charge < -0.3 is 19.5 Å². The first kappa shape index (κ1) is 14.7. The Morgan fingerprint density at radius 1 is 1.35 bits per heavy atom. The van der Waals surface area contributed by atoms with Gasteiger partial charge in [0, 0.05) is 11.6 Å². The van der Waals surface area contributed by atoms with E-state index in [-0.39, 0.29) is 0 Å². The van der Waals surface area contributed by atoms with E-state index in [9.17, 15) is 9.50 Å². The van der Waals surface area contributed by atoms with Gasteiger partial charge in [0.15, 0.2) is 12.4 Å². The van der Waals surface area contributed by atoms with Gasteiger partial charge >= 0.3 is 0 Å². The molecule has 2 N–H and O–H groups in total. The lowest BCUT2D eigenvalue weighted by molar-refractivity contribution is -0.0457. The second-order valence-corrected chi connectivity index (χ2v) is 6.29. The molecule has 3 aromatic rings. The average Bonchev–Trinajstić information content (AvgIpc) is 3.28. The summed E-state index contributed by atoms with van der Waals surface area (Å²) in [6.07, 6.45) is -1.86. The number of thiophene rings is 1. The van der Waals surface area contributed by atoms with Crippen LogP contribution in [0.5, 0.6) is 0 Å². The lowest BCUT2D eigenvalue weighted by atomic mass is 10.1. The number of aliphatic hydroxyl groups is 2. The van der Waals surface area contributed by atoms with Crippen LogP contribution in [0.2, 0.25) is 0 Å². The summed E-state index contributed by atoms with van der Waals surface area (Å²) in [5.41, 5.74) is 1.30. The standard InChI is InChI=1S/C15H14FN3O3S/c16-11-13(21)9(6-20)22-15(11)19-4-3-8-12(10-2-1-5-23-10)17-7-18-14(8)19/h1-5,7,9,11,13,15,20-21H,6H2/t9-,11+,13-,15-/m1/s1. The Balaban J connectivity index is 1.80. The Labute approximate surface area is 134 Å². The van der Waals surface area contributed by atoms with Gasteiger partial charge in [0.2, 0.25) is 0 Å². The van der Waals surface area contributed by atoms with Crippen molar-refractivity contribution in [3.63, 3.8) is 0 Å². The highest BCUT2D eigenvalue weighted by Crippen LogP contribution is 2.36. The van der Waals surface area contributed by atoms with Crippen molar-refractivity contribution in [2.75, 3.05) is 6.61 Å². The van der Waals surface area contributed by atoms with E-state index in [1.54, 1.807) is 23.6 Å². The van der Waals surface area contributed by atoms with Gasteiger partial charge in [0.25, 0.3) is 0 Å². The van der Waals surface area contributed by atoms with Gasteiger partial charge in [0.05, 0.1) is 17.2 Å². The molecule has 4 heterocycles. The fourth-order valence-electron chi connectivity index (χ4n) is 2.86. The Morgan fingerprint density at radius 3 is 2.91 bits per heavy atom. The summed E-state index contributed by atoms with van der Waals surface area (Å²) in [5.74, 6) is 0. The third-order valence-corrected chi connectivity index (χ3v) is 4.89. The summed E-state index contributed by atoms with van der Waals surface area (Å²) < 4.78 is 21.3. The number of nitrogens with zero attached hydrogens (tertiary/aromatic N) is 3. The Hall–Kier alpha value is -1.87. The average molecular weight is 335 g/mol. The summed E-state index contributed by atoms with van der Waals surface area (Å²) in [6.45, 7) is -0.438. The summed E-state index contributed by atoms with van der Waals surface area (Å²) in [6, 6.07) is 5.70. The maximum absolute atomic E-state index is 14.3. The Morgan fingerprint density at radius 2 is 2.22 bits per heavy atom. The highest BCUT2D eigenvalue weighted by molar-refractivity contribution is 7.13. The van der Waals surface area contributed by atoms with Crippen molar-refractivity contribution in [1.82, 2.24) is 14.5 Å². The number of aliphatic hydroxyl groups excluding tert-OH is 2. The molecule has 1 aliphatic heterocycles. The monoisotopic (exact) mass is 335 g/mol. The highest BCUT2D eigenvalue weighted by Gasteiger charge is 2.45. The molecular weight excluding hydrogens is 321 g/mol. The van der Waals surface area contributed by atoms with Crippen molar-refractivity contribution in [2.24, 2.45) is 0 Å². The van der Waals surface area contributed by atoms with Crippen molar-refractivity contribution >= 4 is 22.4 Å². The van der Waals surface area contributed by atoms with Crippen LogP contribution in [0, 0.1) is 0 Å². The molecule has 1 saturated heterocycles. The topological polar surface area (TPSA) is 80.4 Å². The molecule has 4 atom stereocenters. The second-order valence-electron chi connectivity index (χ2n) is 5.34. The largest absolute Gasteiger partial charge is 0.394 e. The van der Waals surface area contributed by atoms with Gasteiger partial charge in [0.1, 0.15) is 24.2 Å². The van der Waals surface area contributed by atoms with E-state index in [1.807, 2.05) is 17.5 Å². The summed E-state index contributed by atoms with van der Waals surface area (Å²) >= 11 is 1.56. The van der Waals surface area contributed by atoms with Crippen LogP contribution in [0.3, 0.4) is 0 Å². The van der Waals surface area contributed by atoms with Crippen molar-refractivity contribution in [2.45, 2.75) is 24.6 Å². The van der Waals surface area contributed by atoms with Crippen molar-refractivity contribution in [3.05, 3.63) is 36.1 Å². The molecule has 1 fully saturated rings. The van der Waals surface area contributed by atoms with Gasteiger partial charge in [-0.05, 0) is 17.5 Å². The minimum Gasteiger partial charge on any atom is -0.394 e. The minimum atomic E-state index is -1.64. The fourth-order valence-corrected chi connectivity index (χ4v) is 3.60. The van der Waals surface area contributed by atoms with E-state index in [2.05, 4.69) is 9.97 Å². The van der Waals surface area contributed by atoms with E-state index >= 15 is 0 Å². The third-order valence-electron chi connectivity index (χ3n) is 4.01. The van der Waals surface area contributed by atoms with Gasteiger partial charge in [-0.25, -0.2) is 14.4 Å². The first-order valence-corrected chi connectivity index (χ1v) is 8.02. The molecular formula is C15H14FN3O3S. The first-order chi connectivity index (χ1) is 11.2. The number of alkyl halides is 1. The zero-order valence-corrected chi connectivity index (χ0v) is 12.7. The van der Waals surface area contributed by atoms with E-state index in [0.29, 0.717) is 5.65 Å². The van der Waals surface area contributed by atoms with E-state index in [0.717, 1.165) is 16.0 Å². The number of halogens is 1. The molecule has 0 bridgehead atoms. The van der Waals surface area contributed by atoms with E-state index in [4.69, 9.17) is 9.84 Å². The van der Waals surface area contributed by atoms with Crippen LogP contribution in [-0.2, 0) is 4.74 Å². The normalized spacial score (nSPS) is 27.8. The van der Waals surface area contributed by atoms with Crippen LogP contribution in [0.4, 0.5) is 4.39 Å². The Kier molecular flexibility index (Phi) is 3.61. The molecule has 4 rings (SSSR count). The van der Waals surface area contributed by atoms with Crippen LogP contribution >= 0.6 is 11.3 Å². The molecule has 6 nitrogen and oxygen atoms in total. The van der Waals surface area contributed by atoms with Gasteiger partial charge in [-0.2, -0.15) is 0 Å². The molecule has 0 aromatic carbocycles. The third kappa shape index (κ3) is 2.26. The zero-order chi connectivity index (χ0) is 16.0. The maximum Gasteiger partial charge on any atom is 0.173 e. The fraction of sp³-hybridized carbons (Fsp3) is 0.333. The van der Waals surface area contributed by atoms with Crippen molar-refractivity contribution in [1.29, 1.82) is 0 Å². The van der Waals surface area contributed by atoms with Gasteiger partial charge in [-0.15, -0.1) is 11.3 Å². The number of aromatic nitrogens is 3. The molecule has 120 valence electrons. The number of ether oxygens (including phenoxy) is 1. The molecule has 1 aliphatic rings. The van der Waals surface area contributed by atoms with E-state index < -0.39 is 31.2 Å². The SMILES string of the molecule is OC[C@H]1O[C@@H](n2ccc3c(-c4cccs4)ncnc32)[C@@H](F)[C@@H]1O. The summed E-state index contributed by atoms with van der Waals surface area (Å²) in [7, 11) is 0. The first-order valence-electron chi connectivity index (χ1n) is 7.14. The lowest BCUT2D eigenvalue weighted by Crippen LogP contribution is -2.30. The Bertz CT molecular complexity index is 823. The van der Waals surface area contributed by atoms with Crippen LogP contribution in [0.25, 0.3) is 21.6 Å². The predicted octanol–water partition coefficient (Wildman–Crippen LogP) is 1.75. The van der Waals surface area contributed by atoms with Gasteiger partial charge in [-0.1, -0.05) is 6.07 Å². The molecule has 0 unspecified atom stereocenters. The number of fused-ring (bicyclic) bond motifs is 1. The zero-order valence-electron chi connectivity index (χ0n) is 11.9. The summed E-state index contributed by atoms with van der Waals surface area (Å²) in [5, 5.41) is 21.7. The van der Waals surface area contributed by atoms with Crippen molar-refractivity contribution < 1.29 is 19.3 Å². The van der Waals surface area contributed by atoms with Crippen LogP contribution in [-0.4, -0.2) is 49.7 Å². The molecule has 23 heavy (non-hydrogen) atoms. The molecule has 0 aliphatic carbocycles. The number of hydrogen-bond acceptors (Lipinski definition) is 6. The van der Waals surface area contributed by atoms with Crippen LogP contribution in [0.1, 0.15) is 6.23 Å². The lowest BCUT2D eigenvalue weighted by Gasteiger charge is -2.16.